The number of hydrogen-bond acceptors (Lipinski definition) is 4. The van der Waals surface area contributed by atoms with Gasteiger partial charge in [0, 0.05) is 6.61 Å². The van der Waals surface area contributed by atoms with Gasteiger partial charge in [-0.3, -0.25) is 4.79 Å². The van der Waals surface area contributed by atoms with Crippen LogP contribution in [-0.4, -0.2) is 21.7 Å². The average Bonchev–Trinajstić information content (AvgIpc) is 2.86. The topological polar surface area (TPSA) is 75.2 Å². The van der Waals surface area contributed by atoms with E-state index in [0.29, 0.717) is 18.9 Å². The molecule has 6 heteroatoms. The Hall–Kier alpha value is -2.21. The number of nitrogens with one attached hydrogen (secondary N) is 1. The highest BCUT2D eigenvalue weighted by atomic mass is 19.1. The van der Waals surface area contributed by atoms with Crippen LogP contribution in [0.3, 0.4) is 0 Å². The molecule has 5 nitrogen and oxygen atoms in total. The number of rotatable bonds is 2. The fourth-order valence-electron chi connectivity index (χ4n) is 2.58. The molecule has 0 spiro atoms. The first-order valence-corrected chi connectivity index (χ1v) is 6.73. The summed E-state index contributed by atoms with van der Waals surface area (Å²) in [6, 6.07) is 5.46. The summed E-state index contributed by atoms with van der Waals surface area (Å²) in [5.41, 5.74) is -0.970. The molecule has 1 saturated heterocycles. The van der Waals surface area contributed by atoms with Gasteiger partial charge in [-0.15, -0.1) is 0 Å². The molecule has 0 radical (unpaired) electrons. The fraction of sp³-hybridized carbons (Fsp3) is 0.333. The second-order valence-electron chi connectivity index (χ2n) is 5.31. The van der Waals surface area contributed by atoms with E-state index in [2.05, 4.69) is 9.97 Å². The van der Waals surface area contributed by atoms with E-state index in [-0.39, 0.29) is 11.1 Å². The summed E-state index contributed by atoms with van der Waals surface area (Å²) in [6.07, 6.45) is 1.58. The van der Waals surface area contributed by atoms with Crippen LogP contribution in [0.2, 0.25) is 0 Å². The third kappa shape index (κ3) is 2.42. The summed E-state index contributed by atoms with van der Waals surface area (Å²) in [4.78, 5) is 18.9. The van der Waals surface area contributed by atoms with E-state index in [9.17, 15) is 14.3 Å². The summed E-state index contributed by atoms with van der Waals surface area (Å²) in [6.45, 7) is 2.41. The zero-order chi connectivity index (χ0) is 15.0. The van der Waals surface area contributed by atoms with Crippen molar-refractivity contribution >= 4 is 0 Å². The van der Waals surface area contributed by atoms with Crippen LogP contribution in [-0.2, 0) is 10.3 Å². The minimum atomic E-state index is -0.697. The average molecular weight is 290 g/mol. The van der Waals surface area contributed by atoms with Crippen LogP contribution in [0.4, 0.5) is 4.39 Å². The number of aromatic nitrogens is 2. The summed E-state index contributed by atoms with van der Waals surface area (Å²) < 4.78 is 18.9. The Kier molecular flexibility index (Phi) is 3.25. The minimum absolute atomic E-state index is 0.0418. The molecule has 1 atom stereocenters. The smallest absolute Gasteiger partial charge is 0.262 e. The molecule has 2 heterocycles. The molecule has 3 rings (SSSR count). The third-order valence-corrected chi connectivity index (χ3v) is 3.73. The molecule has 2 aromatic rings. The van der Waals surface area contributed by atoms with Crippen molar-refractivity contribution in [2.75, 3.05) is 6.61 Å². The van der Waals surface area contributed by atoms with Gasteiger partial charge in [0.2, 0.25) is 5.88 Å². The van der Waals surface area contributed by atoms with Crippen molar-refractivity contribution in [3.8, 4) is 17.0 Å². The Morgan fingerprint density at radius 2 is 2.29 bits per heavy atom. The van der Waals surface area contributed by atoms with E-state index in [1.54, 1.807) is 6.07 Å². The van der Waals surface area contributed by atoms with Crippen molar-refractivity contribution in [3.63, 3.8) is 0 Å². The highest BCUT2D eigenvalue weighted by molar-refractivity contribution is 5.67. The third-order valence-electron chi connectivity index (χ3n) is 3.73. The molecule has 0 saturated carbocycles. The number of nitrogens with zero attached hydrogens (tertiary/aromatic N) is 1. The lowest BCUT2D eigenvalue weighted by atomic mass is 10.0. The largest absolute Gasteiger partial charge is 0.493 e. The molecule has 1 aliphatic heterocycles. The maximum absolute atomic E-state index is 13.3. The van der Waals surface area contributed by atoms with Gasteiger partial charge in [0.15, 0.2) is 0 Å². The van der Waals surface area contributed by atoms with Gasteiger partial charge in [0.1, 0.15) is 22.8 Å². The van der Waals surface area contributed by atoms with Crippen LogP contribution >= 0.6 is 0 Å². The van der Waals surface area contributed by atoms with Gasteiger partial charge in [0.05, 0.1) is 0 Å². The van der Waals surface area contributed by atoms with Gasteiger partial charge in [0.25, 0.3) is 5.56 Å². The van der Waals surface area contributed by atoms with E-state index >= 15 is 0 Å². The van der Waals surface area contributed by atoms with Crippen molar-refractivity contribution in [1.29, 1.82) is 0 Å². The Morgan fingerprint density at radius 3 is 2.90 bits per heavy atom. The van der Waals surface area contributed by atoms with Crippen molar-refractivity contribution in [1.82, 2.24) is 9.97 Å². The summed E-state index contributed by atoms with van der Waals surface area (Å²) in [5.74, 6) is -0.611. The van der Waals surface area contributed by atoms with Gasteiger partial charge in [-0.1, -0.05) is 12.1 Å². The van der Waals surface area contributed by atoms with Gasteiger partial charge < -0.3 is 14.8 Å². The molecule has 1 aliphatic rings. The van der Waals surface area contributed by atoms with Crippen LogP contribution in [0.1, 0.15) is 25.6 Å². The number of halogens is 1. The molecule has 110 valence electrons. The predicted molar refractivity (Wildman–Crippen MR) is 74.5 cm³/mol. The zero-order valence-electron chi connectivity index (χ0n) is 11.5. The Morgan fingerprint density at radius 1 is 1.48 bits per heavy atom. The summed E-state index contributed by atoms with van der Waals surface area (Å²) in [5, 5.41) is 10.1. The highest BCUT2D eigenvalue weighted by Crippen LogP contribution is 2.34. The first kappa shape index (κ1) is 13.8. The molecule has 2 N–H and O–H groups in total. The predicted octanol–water partition coefficient (Wildman–Crippen LogP) is 2.31. The lowest BCUT2D eigenvalue weighted by Crippen LogP contribution is -2.27. The Bertz CT molecular complexity index is 736. The number of aromatic hydroxyl groups is 1. The standard InChI is InChI=1S/C15H15FN2O3/c1-15(6-3-7-21-15)14-17-12(19)11(13(20)18-14)9-4-2-5-10(16)8-9/h2,4-5,8H,3,6-7H2,1H3,(H2,17,18,19,20). The second kappa shape index (κ2) is 4.96. The van der Waals surface area contributed by atoms with E-state index in [0.717, 1.165) is 6.42 Å². The van der Waals surface area contributed by atoms with Crippen LogP contribution in [0.5, 0.6) is 5.88 Å². The van der Waals surface area contributed by atoms with Gasteiger partial charge in [-0.05, 0) is 37.5 Å². The van der Waals surface area contributed by atoms with Crippen LogP contribution in [0, 0.1) is 5.82 Å². The number of H-pyrrole nitrogens is 1. The van der Waals surface area contributed by atoms with Gasteiger partial charge in [-0.2, -0.15) is 4.98 Å². The fourth-order valence-corrected chi connectivity index (χ4v) is 2.58. The van der Waals surface area contributed by atoms with Crippen LogP contribution in [0.15, 0.2) is 29.1 Å². The molecule has 1 fully saturated rings. The maximum atomic E-state index is 13.3. The molecule has 0 aliphatic carbocycles. The molecular weight excluding hydrogens is 275 g/mol. The van der Waals surface area contributed by atoms with E-state index in [4.69, 9.17) is 4.74 Å². The second-order valence-corrected chi connectivity index (χ2v) is 5.31. The molecule has 1 aromatic heterocycles. The number of aromatic amines is 1. The van der Waals surface area contributed by atoms with E-state index in [1.807, 2.05) is 6.92 Å². The van der Waals surface area contributed by atoms with Crippen molar-refractivity contribution < 1.29 is 14.2 Å². The number of hydrogen-bond donors (Lipinski definition) is 2. The number of benzene rings is 1. The summed E-state index contributed by atoms with van der Waals surface area (Å²) >= 11 is 0. The first-order valence-electron chi connectivity index (χ1n) is 6.73. The van der Waals surface area contributed by atoms with E-state index in [1.165, 1.54) is 18.2 Å². The molecule has 0 bridgehead atoms. The lowest BCUT2D eigenvalue weighted by Gasteiger charge is -2.22. The van der Waals surface area contributed by atoms with Gasteiger partial charge in [-0.25, -0.2) is 4.39 Å². The summed E-state index contributed by atoms with van der Waals surface area (Å²) in [7, 11) is 0. The molecule has 1 aromatic carbocycles. The lowest BCUT2D eigenvalue weighted by molar-refractivity contribution is 0.00871. The van der Waals surface area contributed by atoms with Crippen LogP contribution < -0.4 is 5.56 Å². The van der Waals surface area contributed by atoms with Crippen molar-refractivity contribution in [3.05, 3.63) is 46.3 Å². The van der Waals surface area contributed by atoms with Crippen LogP contribution in [0.25, 0.3) is 11.1 Å². The maximum Gasteiger partial charge on any atom is 0.262 e. The van der Waals surface area contributed by atoms with E-state index < -0.39 is 22.9 Å². The zero-order valence-corrected chi connectivity index (χ0v) is 11.5. The SMILES string of the molecule is CC1(c2nc(O)c(-c3cccc(F)c3)c(=O)[nH]2)CCCO1. The molecule has 1 unspecified atom stereocenters. The molecule has 0 amide bonds. The quantitative estimate of drug-likeness (QED) is 0.890. The molecule has 21 heavy (non-hydrogen) atoms. The van der Waals surface area contributed by atoms with Gasteiger partial charge >= 0.3 is 0 Å². The minimum Gasteiger partial charge on any atom is -0.493 e. The number of ether oxygens (including phenoxy) is 1. The van der Waals surface area contributed by atoms with Crippen molar-refractivity contribution in [2.24, 2.45) is 0 Å². The first-order chi connectivity index (χ1) is 9.99. The highest BCUT2D eigenvalue weighted by Gasteiger charge is 2.35. The molecular formula is C15H15FN2O3. The Labute approximate surface area is 120 Å². The monoisotopic (exact) mass is 290 g/mol. The van der Waals surface area contributed by atoms with Crippen molar-refractivity contribution in [2.45, 2.75) is 25.4 Å². The normalized spacial score (nSPS) is 21.6. The Balaban J connectivity index is 2.11.